The van der Waals surface area contributed by atoms with Crippen molar-refractivity contribution in [3.8, 4) is 0 Å². The molecule has 0 saturated heterocycles. The summed E-state index contributed by atoms with van der Waals surface area (Å²) in [7, 11) is -3.60. The van der Waals surface area contributed by atoms with Crippen molar-refractivity contribution in [1.82, 2.24) is 5.32 Å². The maximum atomic E-state index is 11.2. The Bertz CT molecular complexity index is 461. The van der Waals surface area contributed by atoms with Crippen molar-refractivity contribution in [2.45, 2.75) is 24.8 Å². The minimum absolute atomic E-state index is 0.170. The fraction of sp³-hybridized carbons (Fsp3) is 0.500. The molecule has 4 nitrogen and oxygen atoms in total. The van der Waals surface area contributed by atoms with E-state index in [-0.39, 0.29) is 4.90 Å². The van der Waals surface area contributed by atoms with E-state index in [1.807, 2.05) is 17.8 Å². The van der Waals surface area contributed by atoms with Gasteiger partial charge in [0.2, 0.25) is 10.0 Å². The fourth-order valence-corrected chi connectivity index (χ4v) is 2.73. The van der Waals surface area contributed by atoms with Gasteiger partial charge in [-0.1, -0.05) is 19.1 Å². The zero-order chi connectivity index (χ0) is 13.4. The van der Waals surface area contributed by atoms with Crippen LogP contribution < -0.4 is 10.5 Å². The van der Waals surface area contributed by atoms with Crippen LogP contribution in [0.25, 0.3) is 0 Å². The second kappa shape index (κ2) is 7.78. The molecular weight excluding hydrogens is 268 g/mol. The summed E-state index contributed by atoms with van der Waals surface area (Å²) in [5, 5.41) is 8.37. The van der Waals surface area contributed by atoms with Crippen LogP contribution in [0.15, 0.2) is 29.2 Å². The Kier molecular flexibility index (Phi) is 6.70. The van der Waals surface area contributed by atoms with Crippen LogP contribution in [0.4, 0.5) is 0 Å². The number of nitrogens with one attached hydrogen (secondary N) is 1. The molecule has 0 atom stereocenters. The van der Waals surface area contributed by atoms with Crippen molar-refractivity contribution in [3.63, 3.8) is 0 Å². The van der Waals surface area contributed by atoms with E-state index in [2.05, 4.69) is 12.2 Å². The molecule has 0 amide bonds. The first-order chi connectivity index (χ1) is 8.54. The highest BCUT2D eigenvalue weighted by Crippen LogP contribution is 2.09. The van der Waals surface area contributed by atoms with Crippen molar-refractivity contribution >= 4 is 21.8 Å². The molecule has 1 aromatic carbocycles. The second-order valence-corrected chi connectivity index (χ2v) is 6.87. The average Bonchev–Trinajstić information content (AvgIpc) is 2.33. The number of benzene rings is 1. The summed E-state index contributed by atoms with van der Waals surface area (Å²) in [6.07, 6.45) is 1.12. The van der Waals surface area contributed by atoms with Gasteiger partial charge in [0.25, 0.3) is 0 Å². The highest BCUT2D eigenvalue weighted by molar-refractivity contribution is 7.99. The number of sulfonamides is 1. The third kappa shape index (κ3) is 5.86. The van der Waals surface area contributed by atoms with E-state index in [0.717, 1.165) is 30.0 Å². The summed E-state index contributed by atoms with van der Waals surface area (Å²) in [6.45, 7) is 3.75. The molecule has 0 aliphatic rings. The van der Waals surface area contributed by atoms with E-state index in [1.165, 1.54) is 6.07 Å². The molecule has 18 heavy (non-hydrogen) atoms. The largest absolute Gasteiger partial charge is 0.313 e. The summed E-state index contributed by atoms with van der Waals surface area (Å²) < 4.78 is 22.4. The van der Waals surface area contributed by atoms with Gasteiger partial charge in [-0.3, -0.25) is 0 Å². The lowest BCUT2D eigenvalue weighted by Crippen LogP contribution is -2.16. The Morgan fingerprint density at radius 3 is 2.83 bits per heavy atom. The van der Waals surface area contributed by atoms with E-state index in [9.17, 15) is 8.42 Å². The maximum absolute atomic E-state index is 11.2. The molecule has 1 aromatic rings. The first kappa shape index (κ1) is 15.5. The van der Waals surface area contributed by atoms with E-state index in [1.54, 1.807) is 12.1 Å². The second-order valence-electron chi connectivity index (χ2n) is 3.92. The lowest BCUT2D eigenvalue weighted by atomic mass is 10.2. The monoisotopic (exact) mass is 288 g/mol. The van der Waals surface area contributed by atoms with Crippen LogP contribution in [0.2, 0.25) is 0 Å². The number of rotatable bonds is 8. The fourth-order valence-electron chi connectivity index (χ4n) is 1.51. The van der Waals surface area contributed by atoms with Crippen LogP contribution in [-0.2, 0) is 16.6 Å². The van der Waals surface area contributed by atoms with Crippen molar-refractivity contribution in [2.24, 2.45) is 5.14 Å². The molecule has 0 aromatic heterocycles. The standard InChI is InChI=1S/C12H20N2O2S2/c1-2-17-8-4-7-14-10-11-5-3-6-12(9-11)18(13,15)16/h3,5-6,9,14H,2,4,7-8,10H2,1H3,(H2,13,15,16). The molecule has 0 unspecified atom stereocenters. The third-order valence-corrected chi connectivity index (χ3v) is 4.30. The summed E-state index contributed by atoms with van der Waals surface area (Å²) in [5.74, 6) is 2.30. The number of hydrogen-bond acceptors (Lipinski definition) is 4. The van der Waals surface area contributed by atoms with Gasteiger partial charge in [-0.2, -0.15) is 11.8 Å². The van der Waals surface area contributed by atoms with Gasteiger partial charge in [-0.05, 0) is 42.2 Å². The van der Waals surface area contributed by atoms with Crippen LogP contribution in [0.5, 0.6) is 0 Å². The SMILES string of the molecule is CCSCCCNCc1cccc(S(N)(=O)=O)c1. The summed E-state index contributed by atoms with van der Waals surface area (Å²) in [5.41, 5.74) is 0.935. The zero-order valence-electron chi connectivity index (χ0n) is 10.6. The molecule has 0 bridgehead atoms. The van der Waals surface area contributed by atoms with Gasteiger partial charge in [0.15, 0.2) is 0 Å². The molecule has 0 heterocycles. The maximum Gasteiger partial charge on any atom is 0.238 e. The molecule has 6 heteroatoms. The topological polar surface area (TPSA) is 72.2 Å². The van der Waals surface area contributed by atoms with Gasteiger partial charge in [-0.25, -0.2) is 13.6 Å². The Morgan fingerprint density at radius 1 is 1.39 bits per heavy atom. The number of thioether (sulfide) groups is 1. The van der Waals surface area contributed by atoms with E-state index < -0.39 is 10.0 Å². The van der Waals surface area contributed by atoms with Gasteiger partial charge in [0.05, 0.1) is 4.90 Å². The van der Waals surface area contributed by atoms with Crippen molar-refractivity contribution < 1.29 is 8.42 Å². The highest BCUT2D eigenvalue weighted by atomic mass is 32.2. The van der Waals surface area contributed by atoms with Crippen LogP contribution in [0.1, 0.15) is 18.9 Å². The van der Waals surface area contributed by atoms with Gasteiger partial charge < -0.3 is 5.32 Å². The summed E-state index contributed by atoms with van der Waals surface area (Å²) in [4.78, 5) is 0.170. The normalized spacial score (nSPS) is 11.7. The molecule has 0 saturated carbocycles. The minimum Gasteiger partial charge on any atom is -0.313 e. The van der Waals surface area contributed by atoms with Gasteiger partial charge >= 0.3 is 0 Å². The molecule has 0 spiro atoms. The molecule has 3 N–H and O–H groups in total. The predicted octanol–water partition coefficient (Wildman–Crippen LogP) is 1.57. The van der Waals surface area contributed by atoms with Gasteiger partial charge in [0, 0.05) is 6.54 Å². The number of nitrogens with two attached hydrogens (primary N) is 1. The first-order valence-electron chi connectivity index (χ1n) is 5.94. The van der Waals surface area contributed by atoms with E-state index in [0.29, 0.717) is 6.54 Å². The molecular formula is C12H20N2O2S2. The lowest BCUT2D eigenvalue weighted by Gasteiger charge is -2.06. The minimum atomic E-state index is -3.60. The predicted molar refractivity (Wildman–Crippen MR) is 77.1 cm³/mol. The molecule has 0 fully saturated rings. The van der Waals surface area contributed by atoms with Gasteiger partial charge in [-0.15, -0.1) is 0 Å². The van der Waals surface area contributed by atoms with E-state index in [4.69, 9.17) is 5.14 Å². The Morgan fingerprint density at radius 2 is 2.17 bits per heavy atom. The van der Waals surface area contributed by atoms with Crippen molar-refractivity contribution in [2.75, 3.05) is 18.1 Å². The molecule has 102 valence electrons. The van der Waals surface area contributed by atoms with Crippen LogP contribution in [0.3, 0.4) is 0 Å². The number of primary sulfonamides is 1. The summed E-state index contributed by atoms with van der Waals surface area (Å²) in [6, 6.07) is 6.73. The third-order valence-electron chi connectivity index (χ3n) is 2.40. The average molecular weight is 288 g/mol. The Balaban J connectivity index is 2.39. The lowest BCUT2D eigenvalue weighted by molar-refractivity contribution is 0.597. The molecule has 0 aliphatic heterocycles. The smallest absolute Gasteiger partial charge is 0.238 e. The quantitative estimate of drug-likeness (QED) is 0.712. The zero-order valence-corrected chi connectivity index (χ0v) is 12.2. The highest BCUT2D eigenvalue weighted by Gasteiger charge is 2.07. The van der Waals surface area contributed by atoms with Crippen molar-refractivity contribution in [1.29, 1.82) is 0 Å². The van der Waals surface area contributed by atoms with Crippen molar-refractivity contribution in [3.05, 3.63) is 29.8 Å². The Labute approximate surface area is 113 Å². The molecule has 1 rings (SSSR count). The summed E-state index contributed by atoms with van der Waals surface area (Å²) >= 11 is 1.92. The van der Waals surface area contributed by atoms with Crippen LogP contribution in [0, 0.1) is 0 Å². The molecule has 0 aliphatic carbocycles. The first-order valence-corrected chi connectivity index (χ1v) is 8.64. The molecule has 0 radical (unpaired) electrons. The van der Waals surface area contributed by atoms with E-state index >= 15 is 0 Å². The number of hydrogen-bond donors (Lipinski definition) is 2. The van der Waals surface area contributed by atoms with Crippen LogP contribution >= 0.6 is 11.8 Å². The van der Waals surface area contributed by atoms with Gasteiger partial charge in [0.1, 0.15) is 0 Å². The van der Waals surface area contributed by atoms with Crippen LogP contribution in [-0.4, -0.2) is 26.5 Å². The Hall–Kier alpha value is -0.560.